The molecule has 0 atom stereocenters. The lowest BCUT2D eigenvalue weighted by Gasteiger charge is -2.21. The van der Waals surface area contributed by atoms with Crippen LogP contribution in [0.5, 0.6) is 0 Å². The fourth-order valence-corrected chi connectivity index (χ4v) is 2.84. The van der Waals surface area contributed by atoms with Crippen molar-refractivity contribution in [1.82, 2.24) is 0 Å². The second-order valence-corrected chi connectivity index (χ2v) is 4.93. The lowest BCUT2D eigenvalue weighted by molar-refractivity contribution is 0.100. The minimum Gasteiger partial charge on any atom is -0.396 e. The van der Waals surface area contributed by atoms with Gasteiger partial charge < -0.3 is 16.4 Å². The van der Waals surface area contributed by atoms with Crippen molar-refractivity contribution < 1.29 is 4.79 Å². The van der Waals surface area contributed by atoms with Crippen molar-refractivity contribution in [3.8, 4) is 6.07 Å². The molecule has 18 heavy (non-hydrogen) atoms. The number of hydrogen-bond acceptors (Lipinski definition) is 5. The van der Waals surface area contributed by atoms with Crippen LogP contribution in [-0.4, -0.2) is 19.0 Å². The van der Waals surface area contributed by atoms with Gasteiger partial charge in [0.15, 0.2) is 0 Å². The number of nitrogens with zero attached hydrogens (tertiary/aromatic N) is 2. The fraction of sp³-hybridized carbons (Fsp3) is 0.500. The molecule has 0 bridgehead atoms. The van der Waals surface area contributed by atoms with Gasteiger partial charge in [-0.2, -0.15) is 5.26 Å². The molecule has 0 aliphatic carbocycles. The van der Waals surface area contributed by atoms with E-state index in [1.807, 2.05) is 17.9 Å². The molecule has 0 aliphatic rings. The molecule has 0 aromatic carbocycles. The van der Waals surface area contributed by atoms with Gasteiger partial charge >= 0.3 is 0 Å². The van der Waals surface area contributed by atoms with E-state index in [0.717, 1.165) is 25.9 Å². The summed E-state index contributed by atoms with van der Waals surface area (Å²) in [6.07, 6.45) is 2.08. The number of thiophene rings is 1. The third-order valence-corrected chi connectivity index (χ3v) is 3.90. The van der Waals surface area contributed by atoms with Gasteiger partial charge in [-0.3, -0.25) is 4.79 Å². The molecule has 1 amide bonds. The minimum atomic E-state index is -0.574. The summed E-state index contributed by atoms with van der Waals surface area (Å²) in [5.41, 5.74) is 11.6. The van der Waals surface area contributed by atoms with Crippen LogP contribution in [-0.2, 0) is 0 Å². The summed E-state index contributed by atoms with van der Waals surface area (Å²) in [4.78, 5) is 13.9. The monoisotopic (exact) mass is 266 g/mol. The third kappa shape index (κ3) is 2.74. The Kier molecular flexibility index (Phi) is 4.98. The van der Waals surface area contributed by atoms with Crippen LogP contribution in [0.3, 0.4) is 0 Å². The van der Waals surface area contributed by atoms with Gasteiger partial charge in [0.05, 0.1) is 11.3 Å². The highest BCUT2D eigenvalue weighted by Gasteiger charge is 2.23. The SMILES string of the molecule is CCCCN(CC)c1sc(C#N)c(N)c1C(N)=O. The van der Waals surface area contributed by atoms with E-state index in [1.54, 1.807) is 0 Å². The Bertz CT molecular complexity index is 475. The molecule has 6 heteroatoms. The average Bonchev–Trinajstić information content (AvgIpc) is 2.67. The molecule has 0 aliphatic heterocycles. The summed E-state index contributed by atoms with van der Waals surface area (Å²) in [5, 5.41) is 9.69. The Morgan fingerprint density at radius 3 is 2.61 bits per heavy atom. The zero-order valence-electron chi connectivity index (χ0n) is 10.7. The average molecular weight is 266 g/mol. The lowest BCUT2D eigenvalue weighted by atomic mass is 10.2. The first kappa shape index (κ1) is 14.3. The Hall–Kier alpha value is -1.74. The number of nitrogen functional groups attached to an aromatic ring is 1. The van der Waals surface area contributed by atoms with E-state index in [9.17, 15) is 4.79 Å². The van der Waals surface area contributed by atoms with Gasteiger partial charge in [-0.1, -0.05) is 13.3 Å². The zero-order chi connectivity index (χ0) is 13.7. The lowest BCUT2D eigenvalue weighted by Crippen LogP contribution is -2.26. The molecule has 0 radical (unpaired) electrons. The van der Waals surface area contributed by atoms with E-state index >= 15 is 0 Å². The quantitative estimate of drug-likeness (QED) is 0.822. The minimum absolute atomic E-state index is 0.208. The molecular weight excluding hydrogens is 248 g/mol. The van der Waals surface area contributed by atoms with Crippen LogP contribution in [0.1, 0.15) is 41.9 Å². The van der Waals surface area contributed by atoms with Crippen molar-refractivity contribution in [2.75, 3.05) is 23.7 Å². The Morgan fingerprint density at radius 2 is 2.17 bits per heavy atom. The topological polar surface area (TPSA) is 96.1 Å². The van der Waals surface area contributed by atoms with E-state index < -0.39 is 5.91 Å². The van der Waals surface area contributed by atoms with E-state index in [1.165, 1.54) is 11.3 Å². The largest absolute Gasteiger partial charge is 0.396 e. The number of carbonyl (C=O) groups excluding carboxylic acids is 1. The van der Waals surface area contributed by atoms with Gasteiger partial charge in [-0.15, -0.1) is 11.3 Å². The summed E-state index contributed by atoms with van der Waals surface area (Å²) < 4.78 is 0. The number of primary amides is 1. The van der Waals surface area contributed by atoms with Gasteiger partial charge in [0, 0.05) is 13.1 Å². The second kappa shape index (κ2) is 6.26. The molecule has 0 fully saturated rings. The van der Waals surface area contributed by atoms with Crippen LogP contribution in [0, 0.1) is 11.3 Å². The van der Waals surface area contributed by atoms with Crippen LogP contribution in [0.2, 0.25) is 0 Å². The molecule has 98 valence electrons. The summed E-state index contributed by atoms with van der Waals surface area (Å²) in [7, 11) is 0. The molecule has 1 heterocycles. The number of hydrogen-bond donors (Lipinski definition) is 2. The van der Waals surface area contributed by atoms with Crippen molar-refractivity contribution in [2.45, 2.75) is 26.7 Å². The van der Waals surface area contributed by atoms with Gasteiger partial charge in [0.25, 0.3) is 5.91 Å². The molecule has 1 aromatic rings. The van der Waals surface area contributed by atoms with Gasteiger partial charge in [0.2, 0.25) is 0 Å². The van der Waals surface area contributed by atoms with E-state index in [2.05, 4.69) is 6.92 Å². The Morgan fingerprint density at radius 1 is 1.50 bits per heavy atom. The number of nitriles is 1. The molecule has 0 spiro atoms. The van der Waals surface area contributed by atoms with Crippen LogP contribution in [0.25, 0.3) is 0 Å². The second-order valence-electron chi connectivity index (χ2n) is 3.93. The van der Waals surface area contributed by atoms with Crippen LogP contribution in [0.15, 0.2) is 0 Å². The van der Waals surface area contributed by atoms with Crippen molar-refractivity contribution >= 4 is 27.9 Å². The van der Waals surface area contributed by atoms with Crippen molar-refractivity contribution in [3.63, 3.8) is 0 Å². The van der Waals surface area contributed by atoms with Crippen LogP contribution >= 0.6 is 11.3 Å². The number of nitrogens with two attached hydrogens (primary N) is 2. The van der Waals surface area contributed by atoms with E-state index in [-0.39, 0.29) is 11.3 Å². The maximum absolute atomic E-state index is 11.5. The third-order valence-electron chi connectivity index (χ3n) is 2.73. The fourth-order valence-electron chi connectivity index (χ4n) is 1.73. The smallest absolute Gasteiger partial charge is 0.253 e. The highest BCUT2D eigenvalue weighted by Crippen LogP contribution is 2.37. The molecule has 5 nitrogen and oxygen atoms in total. The normalized spacial score (nSPS) is 10.1. The van der Waals surface area contributed by atoms with Crippen LogP contribution < -0.4 is 16.4 Å². The summed E-state index contributed by atoms with van der Waals surface area (Å²) in [5.74, 6) is -0.574. The van der Waals surface area contributed by atoms with Crippen LogP contribution in [0.4, 0.5) is 10.7 Å². The first-order valence-electron chi connectivity index (χ1n) is 5.93. The predicted molar refractivity (Wildman–Crippen MR) is 74.8 cm³/mol. The highest BCUT2D eigenvalue weighted by atomic mass is 32.1. The number of carbonyl (C=O) groups is 1. The molecule has 1 rings (SSSR count). The highest BCUT2D eigenvalue weighted by molar-refractivity contribution is 7.17. The number of unbranched alkanes of at least 4 members (excludes halogenated alkanes) is 1. The number of anilines is 2. The molecule has 0 saturated carbocycles. The molecule has 0 unspecified atom stereocenters. The standard InChI is InChI=1S/C12H18N4OS/c1-3-5-6-16(4-2)12-9(11(15)17)10(14)8(7-13)18-12/h3-6,14H2,1-2H3,(H2,15,17). The molecular formula is C12H18N4OS. The zero-order valence-corrected chi connectivity index (χ0v) is 11.5. The van der Waals surface area contributed by atoms with Gasteiger partial charge in [-0.05, 0) is 13.3 Å². The number of amides is 1. The van der Waals surface area contributed by atoms with Gasteiger partial charge in [-0.25, -0.2) is 0 Å². The maximum Gasteiger partial charge on any atom is 0.253 e. The van der Waals surface area contributed by atoms with E-state index in [0.29, 0.717) is 9.88 Å². The summed E-state index contributed by atoms with van der Waals surface area (Å²) >= 11 is 1.24. The maximum atomic E-state index is 11.5. The summed E-state index contributed by atoms with van der Waals surface area (Å²) in [6, 6.07) is 2.01. The van der Waals surface area contributed by atoms with Crippen molar-refractivity contribution in [2.24, 2.45) is 5.73 Å². The Labute approximate surface area is 111 Å². The number of rotatable bonds is 6. The van der Waals surface area contributed by atoms with Crippen molar-refractivity contribution in [3.05, 3.63) is 10.4 Å². The molecule has 0 saturated heterocycles. The first-order valence-corrected chi connectivity index (χ1v) is 6.75. The molecule has 1 aromatic heterocycles. The van der Waals surface area contributed by atoms with Crippen molar-refractivity contribution in [1.29, 1.82) is 5.26 Å². The van der Waals surface area contributed by atoms with Gasteiger partial charge in [0.1, 0.15) is 15.9 Å². The Balaban J connectivity index is 3.21. The predicted octanol–water partition coefficient (Wildman–Crippen LogP) is 1.93. The van der Waals surface area contributed by atoms with E-state index in [4.69, 9.17) is 16.7 Å². The summed E-state index contributed by atoms with van der Waals surface area (Å²) in [6.45, 7) is 5.69. The molecule has 4 N–H and O–H groups in total. The first-order chi connectivity index (χ1) is 8.56.